The van der Waals surface area contributed by atoms with Crippen molar-refractivity contribution in [1.29, 1.82) is 0 Å². The minimum absolute atomic E-state index is 0.0730. The van der Waals surface area contributed by atoms with Crippen LogP contribution >= 0.6 is 7.14 Å². The van der Waals surface area contributed by atoms with Gasteiger partial charge in [0.15, 0.2) is 0 Å². The Bertz CT molecular complexity index is 1440. The van der Waals surface area contributed by atoms with Crippen molar-refractivity contribution >= 4 is 33.4 Å². The van der Waals surface area contributed by atoms with E-state index in [1.807, 2.05) is 0 Å². The summed E-state index contributed by atoms with van der Waals surface area (Å²) in [5.74, 6) is -0.707. The molecule has 9 nitrogen and oxygen atoms in total. The molecule has 0 aliphatic carbocycles. The predicted octanol–water partition coefficient (Wildman–Crippen LogP) is 2.17. The highest BCUT2D eigenvalue weighted by Crippen LogP contribution is 2.48. The molecule has 11 heteroatoms. The van der Waals surface area contributed by atoms with Gasteiger partial charge in [0, 0.05) is 29.3 Å². The van der Waals surface area contributed by atoms with E-state index >= 15 is 0 Å². The molecule has 0 unspecified atom stereocenters. The lowest BCUT2D eigenvalue weighted by Gasteiger charge is -2.40. The van der Waals surface area contributed by atoms with Crippen molar-refractivity contribution in [1.82, 2.24) is 4.90 Å². The molecule has 0 aliphatic rings. The van der Waals surface area contributed by atoms with Gasteiger partial charge in [-0.05, 0) is 43.0 Å². The van der Waals surface area contributed by atoms with Crippen LogP contribution in [0.2, 0.25) is 0 Å². The Kier molecular flexibility index (Phi) is 10.2. The molecule has 216 valence electrons. The van der Waals surface area contributed by atoms with E-state index in [-0.39, 0.29) is 18.7 Å². The summed E-state index contributed by atoms with van der Waals surface area (Å²) in [7, 11) is -8.23. The number of aliphatic hydroxyl groups is 3. The van der Waals surface area contributed by atoms with Gasteiger partial charge in [-0.2, -0.15) is 8.42 Å². The first-order chi connectivity index (χ1) is 18.8. The van der Waals surface area contributed by atoms with E-state index < -0.39 is 53.9 Å². The third-order valence-electron chi connectivity index (χ3n) is 7.39. The predicted molar refractivity (Wildman–Crippen MR) is 156 cm³/mol. The first-order valence-electron chi connectivity index (χ1n) is 12.7. The van der Waals surface area contributed by atoms with Crippen molar-refractivity contribution < 1.29 is 37.6 Å². The van der Waals surface area contributed by atoms with Crippen molar-refractivity contribution in [2.45, 2.75) is 32.9 Å². The number of aryl methyl sites for hydroxylation is 2. The van der Waals surface area contributed by atoms with Crippen LogP contribution in [0.15, 0.2) is 66.7 Å². The maximum Gasteiger partial charge on any atom is 0.266 e. The molecule has 3 aromatic rings. The fourth-order valence-electron chi connectivity index (χ4n) is 4.97. The third-order valence-corrected chi connectivity index (χ3v) is 10.9. The van der Waals surface area contributed by atoms with Gasteiger partial charge in [0.2, 0.25) is 12.7 Å². The van der Waals surface area contributed by atoms with Gasteiger partial charge in [0.05, 0.1) is 31.1 Å². The summed E-state index contributed by atoms with van der Waals surface area (Å²) in [6, 6.07) is 18.9. The van der Waals surface area contributed by atoms with Crippen LogP contribution in [0.5, 0.6) is 0 Å². The topological polar surface area (TPSA) is 152 Å². The van der Waals surface area contributed by atoms with Crippen molar-refractivity contribution in [2.75, 3.05) is 32.1 Å². The van der Waals surface area contributed by atoms with Gasteiger partial charge in [0.25, 0.3) is 10.1 Å². The number of carbonyl (C=O) groups is 1. The van der Waals surface area contributed by atoms with Crippen molar-refractivity contribution in [3.63, 3.8) is 0 Å². The van der Waals surface area contributed by atoms with E-state index in [4.69, 9.17) is 0 Å². The number of benzene rings is 3. The van der Waals surface area contributed by atoms with Crippen LogP contribution in [0.3, 0.4) is 0 Å². The minimum atomic E-state index is -4.40. The van der Waals surface area contributed by atoms with Crippen LogP contribution < -0.4 is 10.6 Å². The zero-order valence-corrected chi connectivity index (χ0v) is 24.5. The summed E-state index contributed by atoms with van der Waals surface area (Å²) in [6.45, 7) is 2.79. The number of aliphatic hydroxyl groups excluding tert-OH is 3. The fraction of sp³-hybridized carbons (Fsp3) is 0.345. The SMILES string of the molecule is Cc1cc(C)c(C(=O)P(=O)(c2ccccc2)c2ccccc2)c(C)c1CN(CCS(=O)(=O)O)C(CO)(CO)CO. The fourth-order valence-corrected chi connectivity index (χ4v) is 8.03. The van der Waals surface area contributed by atoms with E-state index in [2.05, 4.69) is 0 Å². The van der Waals surface area contributed by atoms with Crippen LogP contribution in [0.25, 0.3) is 0 Å². The number of hydrogen-bond donors (Lipinski definition) is 4. The lowest BCUT2D eigenvalue weighted by molar-refractivity contribution is -0.0496. The van der Waals surface area contributed by atoms with Crippen LogP contribution in [0.4, 0.5) is 0 Å². The van der Waals surface area contributed by atoms with Crippen molar-refractivity contribution in [3.8, 4) is 0 Å². The monoisotopic (exact) mass is 589 g/mol. The molecule has 0 fully saturated rings. The molecule has 0 saturated carbocycles. The number of carbonyl (C=O) groups excluding carboxylic acids is 1. The molecule has 3 rings (SSSR count). The van der Waals surface area contributed by atoms with Gasteiger partial charge >= 0.3 is 0 Å². The summed E-state index contributed by atoms with van der Waals surface area (Å²) in [5.41, 5.74) is 0.531. The Hall–Kier alpha value is -2.69. The quantitative estimate of drug-likeness (QED) is 0.174. The summed E-state index contributed by atoms with van der Waals surface area (Å²) < 4.78 is 47.3. The van der Waals surface area contributed by atoms with Gasteiger partial charge < -0.3 is 19.9 Å². The van der Waals surface area contributed by atoms with E-state index in [0.717, 1.165) is 5.56 Å². The average molecular weight is 590 g/mol. The Labute approximate surface area is 235 Å². The Morgan fingerprint density at radius 1 is 0.850 bits per heavy atom. The van der Waals surface area contributed by atoms with E-state index in [0.29, 0.717) is 27.3 Å². The standard InChI is InChI=1S/C29H36NO8PS/c1-21-16-22(2)27(28(34)39(35,24-10-6-4-7-11-24)25-12-8-5-9-13-25)23(3)26(21)17-30(14-15-40(36,37)38)29(18-31,19-32)20-33/h4-13,16,31-33H,14-15,17-20H2,1-3H3,(H,36,37,38). The zero-order valence-electron chi connectivity index (χ0n) is 22.8. The van der Waals surface area contributed by atoms with Gasteiger partial charge in [-0.25, -0.2) is 0 Å². The Morgan fingerprint density at radius 3 is 1.75 bits per heavy atom. The van der Waals surface area contributed by atoms with Crippen LogP contribution in [0.1, 0.15) is 32.6 Å². The van der Waals surface area contributed by atoms with E-state index in [1.165, 1.54) is 4.90 Å². The number of nitrogens with zero attached hydrogens (tertiary/aromatic N) is 1. The molecule has 0 amide bonds. The van der Waals surface area contributed by atoms with Crippen LogP contribution in [0, 0.1) is 20.8 Å². The van der Waals surface area contributed by atoms with Gasteiger partial charge in [-0.3, -0.25) is 14.2 Å². The molecule has 4 N–H and O–H groups in total. The van der Waals surface area contributed by atoms with Crippen molar-refractivity contribution in [3.05, 3.63) is 94.5 Å². The molecule has 0 radical (unpaired) electrons. The molecule has 0 atom stereocenters. The lowest BCUT2D eigenvalue weighted by atomic mass is 9.92. The second-order valence-electron chi connectivity index (χ2n) is 9.98. The second kappa shape index (κ2) is 12.9. The maximum absolute atomic E-state index is 14.8. The molecule has 0 saturated heterocycles. The van der Waals surface area contributed by atoms with Gasteiger partial charge in [-0.15, -0.1) is 0 Å². The largest absolute Gasteiger partial charge is 0.394 e. The molecular formula is C29H36NO8PS. The van der Waals surface area contributed by atoms with Gasteiger partial charge in [0.1, 0.15) is 0 Å². The first-order valence-corrected chi connectivity index (χ1v) is 16.0. The summed E-state index contributed by atoms with van der Waals surface area (Å²) in [4.78, 5) is 15.8. The molecule has 0 bridgehead atoms. The zero-order chi connectivity index (χ0) is 29.7. The molecule has 3 aromatic carbocycles. The molecule has 0 aromatic heterocycles. The Balaban J connectivity index is 2.21. The highest BCUT2D eigenvalue weighted by Gasteiger charge is 2.40. The second-order valence-corrected chi connectivity index (χ2v) is 14.2. The highest BCUT2D eigenvalue weighted by atomic mass is 32.2. The molecule has 0 aliphatic heterocycles. The average Bonchev–Trinajstić information content (AvgIpc) is 2.94. The Morgan fingerprint density at radius 2 is 1.32 bits per heavy atom. The van der Waals surface area contributed by atoms with Crippen molar-refractivity contribution in [2.24, 2.45) is 0 Å². The highest BCUT2D eigenvalue weighted by molar-refractivity contribution is 7.93. The maximum atomic E-state index is 14.8. The van der Waals surface area contributed by atoms with E-state index in [9.17, 15) is 37.6 Å². The van der Waals surface area contributed by atoms with Crippen LogP contribution in [-0.4, -0.2) is 76.4 Å². The smallest absolute Gasteiger partial charge is 0.266 e. The summed E-state index contributed by atoms with van der Waals surface area (Å²) in [6.07, 6.45) is 0. The third kappa shape index (κ3) is 6.44. The number of rotatable bonds is 13. The summed E-state index contributed by atoms with van der Waals surface area (Å²) >= 11 is 0. The first kappa shape index (κ1) is 31.8. The van der Waals surface area contributed by atoms with E-state index in [1.54, 1.807) is 87.5 Å². The lowest BCUT2D eigenvalue weighted by Crippen LogP contribution is -2.58. The normalized spacial score (nSPS) is 12.6. The molecular weight excluding hydrogens is 553 g/mol. The minimum Gasteiger partial charge on any atom is -0.394 e. The molecule has 0 spiro atoms. The number of hydrogen-bond acceptors (Lipinski definition) is 8. The summed E-state index contributed by atoms with van der Waals surface area (Å²) in [5, 5.41) is 31.0. The molecule has 40 heavy (non-hydrogen) atoms. The molecule has 0 heterocycles. The van der Waals surface area contributed by atoms with Crippen LogP contribution in [-0.2, 0) is 21.2 Å². The van der Waals surface area contributed by atoms with Gasteiger partial charge in [-0.1, -0.05) is 66.7 Å².